The second-order valence-corrected chi connectivity index (χ2v) is 11.9. The van der Waals surface area contributed by atoms with Crippen molar-refractivity contribution in [2.45, 2.75) is 6.92 Å². The van der Waals surface area contributed by atoms with Crippen LogP contribution in [0.4, 0.5) is 11.5 Å². The number of benzene rings is 2. The Morgan fingerprint density at radius 2 is 1.74 bits per heavy atom. The van der Waals surface area contributed by atoms with Crippen LogP contribution in [0.5, 0.6) is 0 Å². The number of furan rings is 1. The van der Waals surface area contributed by atoms with E-state index in [1.165, 1.54) is 20.3 Å². The van der Waals surface area contributed by atoms with E-state index in [2.05, 4.69) is 20.3 Å². The van der Waals surface area contributed by atoms with E-state index in [1.54, 1.807) is 36.5 Å². The molecule has 1 amide bonds. The maximum atomic E-state index is 13.2. The molecule has 12 heteroatoms. The predicted octanol–water partition coefficient (Wildman–Crippen LogP) is 5.01. The maximum absolute atomic E-state index is 13.2. The summed E-state index contributed by atoms with van der Waals surface area (Å²) >= 11 is 0. The number of nitrogen functional groups attached to an aromatic ring is 1. The summed E-state index contributed by atoms with van der Waals surface area (Å²) in [6, 6.07) is 16.1. The van der Waals surface area contributed by atoms with E-state index in [-0.39, 0.29) is 17.6 Å². The molecule has 212 valence electrons. The molecule has 0 saturated carbocycles. The van der Waals surface area contributed by atoms with Gasteiger partial charge in [-0.2, -0.15) is 4.98 Å². The largest absolute Gasteiger partial charge is 0.455 e. The van der Waals surface area contributed by atoms with Gasteiger partial charge in [0.15, 0.2) is 11.2 Å². The highest BCUT2D eigenvalue weighted by Gasteiger charge is 2.26. The molecule has 0 saturated heterocycles. The van der Waals surface area contributed by atoms with Crippen LogP contribution >= 0.6 is 0 Å². The monoisotopic (exact) mass is 582 g/mol. The van der Waals surface area contributed by atoms with Crippen molar-refractivity contribution < 1.29 is 22.0 Å². The van der Waals surface area contributed by atoms with Crippen LogP contribution in [-0.4, -0.2) is 49.6 Å². The van der Waals surface area contributed by atoms with Crippen LogP contribution in [0.1, 0.15) is 15.9 Å². The number of aromatic nitrogens is 3. The number of rotatable bonds is 6. The minimum atomic E-state index is -3.70. The molecule has 6 aromatic rings. The first-order chi connectivity index (χ1) is 20.0. The van der Waals surface area contributed by atoms with Gasteiger partial charge in [0.2, 0.25) is 15.9 Å². The summed E-state index contributed by atoms with van der Waals surface area (Å²) in [7, 11) is -0.710. The van der Waals surface area contributed by atoms with Crippen LogP contribution < -0.4 is 15.4 Å². The zero-order chi connectivity index (χ0) is 29.8. The number of anilines is 2. The molecule has 2 aromatic carbocycles. The van der Waals surface area contributed by atoms with Gasteiger partial charge >= 0.3 is 0 Å². The third kappa shape index (κ3) is 4.61. The van der Waals surface area contributed by atoms with Gasteiger partial charge in [0, 0.05) is 54.6 Å². The van der Waals surface area contributed by atoms with Crippen molar-refractivity contribution in [2.24, 2.45) is 0 Å². The Morgan fingerprint density at radius 1 is 0.976 bits per heavy atom. The van der Waals surface area contributed by atoms with Gasteiger partial charge in [0.1, 0.15) is 17.2 Å². The minimum absolute atomic E-state index is 0.167. The number of aryl methyl sites for hydroxylation is 1. The number of carbonyl (C=O) groups is 1. The molecule has 0 spiro atoms. The van der Waals surface area contributed by atoms with E-state index in [9.17, 15) is 13.2 Å². The second kappa shape index (κ2) is 10.00. The zero-order valence-electron chi connectivity index (χ0n) is 23.2. The van der Waals surface area contributed by atoms with Gasteiger partial charge in [-0.05, 0) is 31.2 Å². The first-order valence-electron chi connectivity index (χ1n) is 12.9. The molecular weight excluding hydrogens is 556 g/mol. The number of oxazole rings is 1. The van der Waals surface area contributed by atoms with Gasteiger partial charge in [0.25, 0.3) is 5.91 Å². The fourth-order valence-electron chi connectivity index (χ4n) is 4.74. The van der Waals surface area contributed by atoms with Crippen LogP contribution in [0.25, 0.3) is 56.1 Å². The third-order valence-electron chi connectivity index (χ3n) is 7.04. The Bertz CT molecular complexity index is 2080. The Balaban J connectivity index is 1.63. The highest BCUT2D eigenvalue weighted by atomic mass is 32.2. The molecule has 0 bridgehead atoms. The minimum Gasteiger partial charge on any atom is -0.455 e. The van der Waals surface area contributed by atoms with Crippen molar-refractivity contribution in [2.75, 3.05) is 30.4 Å². The quantitative estimate of drug-likeness (QED) is 0.275. The summed E-state index contributed by atoms with van der Waals surface area (Å²) < 4.78 is 38.7. The summed E-state index contributed by atoms with van der Waals surface area (Å²) in [4.78, 5) is 26.2. The van der Waals surface area contributed by atoms with Gasteiger partial charge in [-0.1, -0.05) is 29.8 Å². The number of hydrogen-bond acceptors (Lipinski definition) is 9. The molecule has 3 N–H and O–H groups in total. The smallest absolute Gasteiger partial charge is 0.255 e. The summed E-state index contributed by atoms with van der Waals surface area (Å²) in [5.74, 6) is 0.394. The Morgan fingerprint density at radius 3 is 2.43 bits per heavy atom. The van der Waals surface area contributed by atoms with Crippen LogP contribution in [0.3, 0.4) is 0 Å². The summed E-state index contributed by atoms with van der Waals surface area (Å²) in [5.41, 5.74) is 11.2. The molecule has 0 radical (unpaired) electrons. The number of pyridine rings is 2. The number of hydrogen-bond donors (Lipinski definition) is 2. The first kappa shape index (κ1) is 27.0. The molecule has 4 aromatic heterocycles. The van der Waals surface area contributed by atoms with Crippen molar-refractivity contribution in [1.29, 1.82) is 0 Å². The lowest BCUT2D eigenvalue weighted by Gasteiger charge is -2.21. The van der Waals surface area contributed by atoms with Crippen molar-refractivity contribution in [1.82, 2.24) is 20.3 Å². The molecule has 0 fully saturated rings. The van der Waals surface area contributed by atoms with Crippen LogP contribution in [0, 0.1) is 6.92 Å². The number of amides is 1. The van der Waals surface area contributed by atoms with Crippen LogP contribution in [0.15, 0.2) is 75.8 Å². The van der Waals surface area contributed by atoms with Gasteiger partial charge in [0.05, 0.1) is 23.1 Å². The highest BCUT2D eigenvalue weighted by molar-refractivity contribution is 7.92. The predicted molar refractivity (Wildman–Crippen MR) is 161 cm³/mol. The number of nitrogens with one attached hydrogen (secondary N) is 1. The topological polar surface area (TPSA) is 157 Å². The van der Waals surface area contributed by atoms with E-state index in [0.29, 0.717) is 61.5 Å². The SMILES string of the molecule is CNC(=O)c1c(-c2ccc(C)cc2)oc2cc(N(C)S(C)(=O)=O)c(-c3cnc(N)c(-c4nc5ncccc5o4)c3)cc12. The number of nitrogens with zero attached hydrogens (tertiary/aromatic N) is 4. The van der Waals surface area contributed by atoms with E-state index >= 15 is 0 Å². The van der Waals surface area contributed by atoms with Crippen molar-refractivity contribution in [3.05, 3.63) is 78.1 Å². The number of nitrogens with two attached hydrogens (primary N) is 1. The standard InChI is InChI=1S/C30H26N6O5S/c1-16-7-9-17(10-8-16)26-25(29(37)32-2)20-13-19(22(14-24(20)40-26)36(3)42(4,38)39)18-12-21(27(31)34-15-18)30-35-28-23(41-30)6-5-11-33-28/h5-15H,1-4H3,(H2,31,34)(H,32,37). The lowest BCUT2D eigenvalue weighted by atomic mass is 9.98. The molecule has 0 aliphatic heterocycles. The highest BCUT2D eigenvalue weighted by Crippen LogP contribution is 2.42. The van der Waals surface area contributed by atoms with Crippen LogP contribution in [-0.2, 0) is 10.0 Å². The normalized spacial score (nSPS) is 11.7. The second-order valence-electron chi connectivity index (χ2n) is 9.85. The molecule has 11 nitrogen and oxygen atoms in total. The molecule has 0 atom stereocenters. The average molecular weight is 583 g/mol. The third-order valence-corrected chi connectivity index (χ3v) is 8.23. The molecule has 0 aliphatic carbocycles. The molecule has 42 heavy (non-hydrogen) atoms. The van der Waals surface area contributed by atoms with E-state index in [0.717, 1.165) is 16.1 Å². The molecular formula is C30H26N6O5S. The van der Waals surface area contributed by atoms with Gasteiger partial charge in [-0.15, -0.1) is 0 Å². The number of carbonyl (C=O) groups excluding carboxylic acids is 1. The molecule has 0 unspecified atom stereocenters. The van der Waals surface area contributed by atoms with Crippen molar-refractivity contribution in [3.63, 3.8) is 0 Å². The Labute approximate surface area is 241 Å². The fraction of sp³-hybridized carbons (Fsp3) is 0.133. The Hall–Kier alpha value is -5.23. The average Bonchev–Trinajstić information content (AvgIpc) is 3.57. The first-order valence-corrected chi connectivity index (χ1v) is 14.7. The van der Waals surface area contributed by atoms with E-state index < -0.39 is 10.0 Å². The molecule has 0 aliphatic rings. The van der Waals surface area contributed by atoms with E-state index in [4.69, 9.17) is 14.6 Å². The van der Waals surface area contributed by atoms with Gasteiger partial charge < -0.3 is 19.9 Å². The number of fused-ring (bicyclic) bond motifs is 2. The molecule has 4 heterocycles. The summed E-state index contributed by atoms with van der Waals surface area (Å²) in [6.07, 6.45) is 4.24. The van der Waals surface area contributed by atoms with Gasteiger partial charge in [-0.25, -0.2) is 18.4 Å². The summed E-state index contributed by atoms with van der Waals surface area (Å²) in [5, 5.41) is 3.19. The summed E-state index contributed by atoms with van der Waals surface area (Å²) in [6.45, 7) is 1.97. The van der Waals surface area contributed by atoms with Crippen molar-refractivity contribution in [3.8, 4) is 33.9 Å². The fourth-order valence-corrected chi connectivity index (χ4v) is 5.25. The van der Waals surface area contributed by atoms with Crippen LogP contribution in [0.2, 0.25) is 0 Å². The maximum Gasteiger partial charge on any atom is 0.255 e. The Kier molecular flexibility index (Phi) is 6.42. The zero-order valence-corrected chi connectivity index (χ0v) is 24.0. The molecule has 6 rings (SSSR count). The van der Waals surface area contributed by atoms with E-state index in [1.807, 2.05) is 31.2 Å². The lowest BCUT2D eigenvalue weighted by Crippen LogP contribution is -2.25. The van der Waals surface area contributed by atoms with Gasteiger partial charge in [-0.3, -0.25) is 9.10 Å². The lowest BCUT2D eigenvalue weighted by molar-refractivity contribution is 0.0964. The number of sulfonamides is 1. The van der Waals surface area contributed by atoms with Crippen molar-refractivity contribution >= 4 is 49.6 Å².